The number of benzene rings is 2. The van der Waals surface area contributed by atoms with Gasteiger partial charge in [-0.15, -0.1) is 0 Å². The summed E-state index contributed by atoms with van der Waals surface area (Å²) in [6.45, 7) is 1.78. The van der Waals surface area contributed by atoms with Crippen LogP contribution in [0.5, 0.6) is 0 Å². The number of aromatic amines is 1. The van der Waals surface area contributed by atoms with Gasteiger partial charge < -0.3 is 19.7 Å². The van der Waals surface area contributed by atoms with Crippen LogP contribution in [0.3, 0.4) is 0 Å². The predicted molar refractivity (Wildman–Crippen MR) is 120 cm³/mol. The van der Waals surface area contributed by atoms with Gasteiger partial charge in [0.1, 0.15) is 6.04 Å². The Morgan fingerprint density at radius 2 is 1.77 bits per heavy atom. The number of para-hydroxylation sites is 1. The lowest BCUT2D eigenvalue weighted by atomic mass is 9.86. The number of piperazine rings is 1. The summed E-state index contributed by atoms with van der Waals surface area (Å²) in [4.78, 5) is 35.5. The smallest absolute Gasteiger partial charge is 0.246 e. The van der Waals surface area contributed by atoms with E-state index >= 15 is 0 Å². The number of carbonyl (C=O) groups is 2. The zero-order valence-electron chi connectivity index (χ0n) is 18.1. The lowest BCUT2D eigenvalue weighted by molar-refractivity contribution is -0.858. The van der Waals surface area contributed by atoms with Crippen LogP contribution in [-0.4, -0.2) is 66.4 Å². The van der Waals surface area contributed by atoms with Crippen molar-refractivity contribution in [1.82, 2.24) is 14.8 Å². The summed E-state index contributed by atoms with van der Waals surface area (Å²) in [5.74, 6) is 0.102. The Morgan fingerprint density at radius 1 is 1.03 bits per heavy atom. The van der Waals surface area contributed by atoms with E-state index in [1.807, 2.05) is 47.4 Å². The molecule has 2 aliphatic heterocycles. The Balaban J connectivity index is 1.57. The van der Waals surface area contributed by atoms with Crippen LogP contribution in [0.4, 0.5) is 0 Å². The quantitative estimate of drug-likeness (QED) is 0.659. The van der Waals surface area contributed by atoms with E-state index in [1.165, 1.54) is 4.90 Å². The number of aromatic nitrogens is 1. The SMILES string of the molecule is C[NH+](C)CCCN1CC(=O)N2[C@H](c3ccccc3)c3[nH]c4ccccc4c3C[C@H]2C1=O. The Hall–Kier alpha value is -3.12. The normalized spacial score (nSPS) is 21.0. The van der Waals surface area contributed by atoms with Crippen LogP contribution >= 0.6 is 0 Å². The third kappa shape index (κ3) is 3.41. The molecule has 160 valence electrons. The van der Waals surface area contributed by atoms with Crippen molar-refractivity contribution in [1.29, 1.82) is 0 Å². The van der Waals surface area contributed by atoms with E-state index in [-0.39, 0.29) is 24.4 Å². The minimum absolute atomic E-state index is 0.0277. The van der Waals surface area contributed by atoms with Crippen LogP contribution < -0.4 is 4.90 Å². The molecule has 2 aromatic carbocycles. The molecular formula is C25H29N4O2+. The average molecular weight is 418 g/mol. The highest BCUT2D eigenvalue weighted by molar-refractivity contribution is 5.97. The van der Waals surface area contributed by atoms with Crippen molar-refractivity contribution in [3.8, 4) is 0 Å². The summed E-state index contributed by atoms with van der Waals surface area (Å²) in [5, 5.41) is 1.15. The number of quaternary nitrogens is 1. The molecule has 1 fully saturated rings. The predicted octanol–water partition coefficient (Wildman–Crippen LogP) is 1.39. The van der Waals surface area contributed by atoms with Gasteiger partial charge >= 0.3 is 0 Å². The first-order chi connectivity index (χ1) is 15.0. The van der Waals surface area contributed by atoms with Crippen molar-refractivity contribution in [2.24, 2.45) is 0 Å². The highest BCUT2D eigenvalue weighted by Crippen LogP contribution is 2.42. The van der Waals surface area contributed by atoms with Crippen molar-refractivity contribution in [3.05, 3.63) is 71.4 Å². The number of hydrogen-bond donors (Lipinski definition) is 2. The number of rotatable bonds is 5. The highest BCUT2D eigenvalue weighted by atomic mass is 16.2. The molecule has 2 aliphatic rings. The number of hydrogen-bond acceptors (Lipinski definition) is 2. The minimum Gasteiger partial charge on any atom is -0.356 e. The molecular weight excluding hydrogens is 388 g/mol. The number of H-pyrrole nitrogens is 1. The first kappa shape index (κ1) is 19.8. The Bertz CT molecular complexity index is 1120. The Morgan fingerprint density at radius 3 is 2.55 bits per heavy atom. The maximum absolute atomic E-state index is 13.5. The number of nitrogens with one attached hydrogen (secondary N) is 2. The van der Waals surface area contributed by atoms with Crippen molar-refractivity contribution in [3.63, 3.8) is 0 Å². The highest BCUT2D eigenvalue weighted by Gasteiger charge is 2.47. The monoisotopic (exact) mass is 417 g/mol. The molecule has 6 nitrogen and oxygen atoms in total. The third-order valence-electron chi connectivity index (χ3n) is 6.56. The topological polar surface area (TPSA) is 60.9 Å². The lowest BCUT2D eigenvalue weighted by Crippen LogP contribution is -3.05. The summed E-state index contributed by atoms with van der Waals surface area (Å²) in [5.41, 5.74) is 4.28. The van der Waals surface area contributed by atoms with Crippen LogP contribution in [0.1, 0.15) is 29.3 Å². The minimum atomic E-state index is -0.454. The van der Waals surface area contributed by atoms with Gasteiger partial charge in [-0.3, -0.25) is 9.59 Å². The number of amides is 2. The summed E-state index contributed by atoms with van der Waals surface area (Å²) < 4.78 is 0. The van der Waals surface area contributed by atoms with E-state index in [1.54, 1.807) is 4.90 Å². The maximum Gasteiger partial charge on any atom is 0.246 e. The Kier molecular flexibility index (Phi) is 5.02. The number of nitrogens with zero attached hydrogens (tertiary/aromatic N) is 2. The molecule has 1 aromatic heterocycles. The van der Waals surface area contributed by atoms with Crippen LogP contribution in [0.25, 0.3) is 10.9 Å². The van der Waals surface area contributed by atoms with E-state index < -0.39 is 6.04 Å². The fraction of sp³-hybridized carbons (Fsp3) is 0.360. The number of carbonyl (C=O) groups excluding carboxylic acids is 2. The van der Waals surface area contributed by atoms with Gasteiger partial charge in [-0.2, -0.15) is 0 Å². The average Bonchev–Trinajstić information content (AvgIpc) is 3.14. The molecule has 0 radical (unpaired) electrons. The summed E-state index contributed by atoms with van der Waals surface area (Å²) >= 11 is 0. The van der Waals surface area contributed by atoms with E-state index in [0.717, 1.165) is 40.7 Å². The maximum atomic E-state index is 13.5. The second kappa shape index (κ2) is 7.85. The van der Waals surface area contributed by atoms with Crippen molar-refractivity contribution >= 4 is 22.7 Å². The molecule has 0 spiro atoms. The standard InChI is InChI=1S/C25H28N4O2/c1-27(2)13-8-14-28-16-22(30)29-21(25(28)31)15-19-18-11-6-7-12-20(18)26-23(19)24(29)17-9-4-3-5-10-17/h3-7,9-12,21,24,26H,8,13-16H2,1-2H3/p+1/t21-,24+/m0/s1. The first-order valence-electron chi connectivity index (χ1n) is 11.1. The summed E-state index contributed by atoms with van der Waals surface area (Å²) in [7, 11) is 4.21. The fourth-order valence-corrected chi connectivity index (χ4v) is 5.12. The second-order valence-corrected chi connectivity index (χ2v) is 8.97. The van der Waals surface area contributed by atoms with Crippen LogP contribution in [0.15, 0.2) is 54.6 Å². The molecule has 2 atom stereocenters. The van der Waals surface area contributed by atoms with E-state index in [0.29, 0.717) is 13.0 Å². The fourth-order valence-electron chi connectivity index (χ4n) is 5.12. The van der Waals surface area contributed by atoms with Gasteiger partial charge in [0.25, 0.3) is 0 Å². The molecule has 1 saturated heterocycles. The molecule has 6 heteroatoms. The van der Waals surface area contributed by atoms with Gasteiger partial charge in [0, 0.05) is 36.0 Å². The molecule has 0 bridgehead atoms. The van der Waals surface area contributed by atoms with Gasteiger partial charge in [0.05, 0.1) is 33.2 Å². The number of fused-ring (bicyclic) bond motifs is 4. The van der Waals surface area contributed by atoms with E-state index in [4.69, 9.17) is 0 Å². The summed E-state index contributed by atoms with van der Waals surface area (Å²) in [6.07, 6.45) is 1.46. The lowest BCUT2D eigenvalue weighted by Gasteiger charge is -2.47. The molecule has 2 N–H and O–H groups in total. The molecule has 2 amide bonds. The molecule has 3 aromatic rings. The van der Waals surface area contributed by atoms with Crippen molar-refractivity contribution < 1.29 is 14.5 Å². The van der Waals surface area contributed by atoms with Gasteiger partial charge in [0.2, 0.25) is 11.8 Å². The zero-order chi connectivity index (χ0) is 21.5. The molecule has 3 heterocycles. The largest absolute Gasteiger partial charge is 0.356 e. The van der Waals surface area contributed by atoms with Gasteiger partial charge in [0.15, 0.2) is 0 Å². The van der Waals surface area contributed by atoms with Crippen LogP contribution in [-0.2, 0) is 16.0 Å². The van der Waals surface area contributed by atoms with Gasteiger partial charge in [-0.1, -0.05) is 48.5 Å². The third-order valence-corrected chi connectivity index (χ3v) is 6.56. The van der Waals surface area contributed by atoms with Crippen LogP contribution in [0, 0.1) is 0 Å². The van der Waals surface area contributed by atoms with Gasteiger partial charge in [-0.25, -0.2) is 0 Å². The molecule has 5 rings (SSSR count). The molecule has 0 unspecified atom stereocenters. The molecule has 31 heavy (non-hydrogen) atoms. The van der Waals surface area contributed by atoms with Gasteiger partial charge in [-0.05, 0) is 17.2 Å². The summed E-state index contributed by atoms with van der Waals surface area (Å²) in [6, 6.07) is 17.6. The van der Waals surface area contributed by atoms with E-state index in [9.17, 15) is 9.59 Å². The Labute approximate surface area is 182 Å². The second-order valence-electron chi connectivity index (χ2n) is 8.97. The first-order valence-corrected chi connectivity index (χ1v) is 11.1. The van der Waals surface area contributed by atoms with Crippen molar-refractivity contribution in [2.45, 2.75) is 24.9 Å². The van der Waals surface area contributed by atoms with Crippen LogP contribution in [0.2, 0.25) is 0 Å². The zero-order valence-corrected chi connectivity index (χ0v) is 18.1. The molecule has 0 aliphatic carbocycles. The van der Waals surface area contributed by atoms with E-state index in [2.05, 4.69) is 31.2 Å². The molecule has 0 saturated carbocycles. The van der Waals surface area contributed by atoms with Crippen molar-refractivity contribution in [2.75, 3.05) is 33.7 Å².